The molecule has 0 unspecified atom stereocenters. The molecule has 0 atom stereocenters. The average Bonchev–Trinajstić information content (AvgIpc) is 2.15. The van der Waals surface area contributed by atoms with Gasteiger partial charge in [0.2, 0.25) is 0 Å². The number of thioether (sulfide) groups is 1. The van der Waals surface area contributed by atoms with Crippen LogP contribution in [0, 0.1) is 0 Å². The number of benzene rings is 1. The van der Waals surface area contributed by atoms with E-state index in [1.165, 1.54) is 5.56 Å². The largest absolute Gasteiger partial charge is 0.393 e. The Morgan fingerprint density at radius 2 is 2.14 bits per heavy atom. The summed E-state index contributed by atoms with van der Waals surface area (Å²) in [4.78, 5) is 0.580. The molecule has 14 heavy (non-hydrogen) atoms. The molecule has 1 nitrogen and oxygen atoms in total. The molecule has 0 heterocycles. The lowest BCUT2D eigenvalue weighted by Gasteiger charge is -2.03. The zero-order valence-electron chi connectivity index (χ0n) is 7.70. The molecule has 0 radical (unpaired) electrons. The van der Waals surface area contributed by atoms with E-state index in [1.807, 2.05) is 24.3 Å². The highest BCUT2D eigenvalue weighted by molar-refractivity contribution is 7.98. The molecule has 4 heteroatoms. The van der Waals surface area contributed by atoms with E-state index in [1.54, 1.807) is 11.8 Å². The molecule has 0 aliphatic carbocycles. The van der Waals surface area contributed by atoms with Crippen LogP contribution < -0.4 is 5.73 Å². The van der Waals surface area contributed by atoms with Gasteiger partial charge in [-0.1, -0.05) is 42.0 Å². The number of nitrogens with two attached hydrogens (primary N) is 1. The van der Waals surface area contributed by atoms with Gasteiger partial charge < -0.3 is 5.73 Å². The van der Waals surface area contributed by atoms with Gasteiger partial charge in [0.05, 0.1) is 4.99 Å². The van der Waals surface area contributed by atoms with Crippen LogP contribution >= 0.6 is 35.6 Å². The maximum absolute atomic E-state index is 6.00. The van der Waals surface area contributed by atoms with Crippen LogP contribution in [0.1, 0.15) is 12.0 Å². The number of rotatable bonds is 5. The second kappa shape index (κ2) is 6.27. The molecule has 0 saturated heterocycles. The summed E-state index contributed by atoms with van der Waals surface area (Å²) in [5.41, 5.74) is 6.56. The van der Waals surface area contributed by atoms with Crippen molar-refractivity contribution in [1.29, 1.82) is 0 Å². The quantitative estimate of drug-likeness (QED) is 0.637. The molecule has 0 amide bonds. The molecule has 0 fully saturated rings. The Balaban J connectivity index is 2.31. The van der Waals surface area contributed by atoms with Crippen molar-refractivity contribution in [2.24, 2.45) is 5.73 Å². The summed E-state index contributed by atoms with van der Waals surface area (Å²) in [6, 6.07) is 7.88. The van der Waals surface area contributed by atoms with Gasteiger partial charge >= 0.3 is 0 Å². The lowest BCUT2D eigenvalue weighted by Crippen LogP contribution is -2.08. The average molecular weight is 246 g/mol. The Labute approximate surface area is 99.0 Å². The van der Waals surface area contributed by atoms with Crippen LogP contribution in [0.3, 0.4) is 0 Å². The van der Waals surface area contributed by atoms with Crippen LogP contribution in [0.5, 0.6) is 0 Å². The summed E-state index contributed by atoms with van der Waals surface area (Å²) >= 11 is 12.6. The highest BCUT2D eigenvalue weighted by Crippen LogP contribution is 2.20. The topological polar surface area (TPSA) is 26.0 Å². The molecular formula is C10H12ClNS2. The molecule has 1 rings (SSSR count). The molecule has 1 aromatic carbocycles. The van der Waals surface area contributed by atoms with Crippen LogP contribution in [0.25, 0.3) is 0 Å². The van der Waals surface area contributed by atoms with Gasteiger partial charge in [-0.15, -0.1) is 0 Å². The number of hydrogen-bond acceptors (Lipinski definition) is 2. The van der Waals surface area contributed by atoms with Crippen molar-refractivity contribution < 1.29 is 0 Å². The van der Waals surface area contributed by atoms with Crippen LogP contribution in [-0.2, 0) is 5.75 Å². The first kappa shape index (κ1) is 11.8. The third kappa shape index (κ3) is 4.31. The number of hydrogen-bond donors (Lipinski definition) is 1. The molecule has 0 saturated carbocycles. The van der Waals surface area contributed by atoms with Gasteiger partial charge in [0.15, 0.2) is 0 Å². The van der Waals surface area contributed by atoms with E-state index in [4.69, 9.17) is 29.6 Å². The normalized spacial score (nSPS) is 10.1. The Morgan fingerprint density at radius 3 is 2.79 bits per heavy atom. The number of halogens is 1. The zero-order valence-corrected chi connectivity index (χ0v) is 10.1. The third-order valence-electron chi connectivity index (χ3n) is 1.71. The first-order valence-corrected chi connectivity index (χ1v) is 6.23. The number of thiocarbonyl (C=S) groups is 1. The molecule has 0 bridgehead atoms. The lowest BCUT2D eigenvalue weighted by molar-refractivity contribution is 1.30. The maximum Gasteiger partial charge on any atom is 0.0735 e. The van der Waals surface area contributed by atoms with Crippen molar-refractivity contribution in [2.75, 3.05) is 5.75 Å². The summed E-state index contributed by atoms with van der Waals surface area (Å²) in [6.07, 6.45) is 0.796. The van der Waals surface area contributed by atoms with Crippen LogP contribution in [0.2, 0.25) is 5.02 Å². The van der Waals surface area contributed by atoms with Crippen molar-refractivity contribution in [3.63, 3.8) is 0 Å². The molecule has 0 aromatic heterocycles. The molecule has 0 spiro atoms. The Kier molecular flexibility index (Phi) is 5.30. The minimum absolute atomic E-state index is 0.580. The monoisotopic (exact) mass is 245 g/mol. The van der Waals surface area contributed by atoms with Crippen molar-refractivity contribution >= 4 is 40.6 Å². The second-order valence-electron chi connectivity index (χ2n) is 2.86. The molecular weight excluding hydrogens is 234 g/mol. The minimum Gasteiger partial charge on any atom is -0.393 e. The van der Waals surface area contributed by atoms with Gasteiger partial charge in [-0.25, -0.2) is 0 Å². The summed E-state index contributed by atoms with van der Waals surface area (Å²) in [5, 5.41) is 0.829. The molecule has 0 aliphatic rings. The van der Waals surface area contributed by atoms with Gasteiger partial charge in [0.1, 0.15) is 0 Å². The first-order valence-electron chi connectivity index (χ1n) is 4.29. The second-order valence-corrected chi connectivity index (χ2v) is 4.90. The highest BCUT2D eigenvalue weighted by atomic mass is 35.5. The molecule has 76 valence electrons. The SMILES string of the molecule is NC(=S)CCSCc1ccccc1Cl. The lowest BCUT2D eigenvalue weighted by atomic mass is 10.2. The summed E-state index contributed by atoms with van der Waals surface area (Å²) in [5.74, 6) is 1.88. The smallest absolute Gasteiger partial charge is 0.0735 e. The fourth-order valence-corrected chi connectivity index (χ4v) is 2.46. The van der Waals surface area contributed by atoms with Gasteiger partial charge in [0, 0.05) is 17.2 Å². The Bertz CT molecular complexity index is 315. The van der Waals surface area contributed by atoms with Gasteiger partial charge in [-0.05, 0) is 17.4 Å². The van der Waals surface area contributed by atoms with Crippen molar-refractivity contribution in [1.82, 2.24) is 0 Å². The van der Waals surface area contributed by atoms with E-state index in [0.29, 0.717) is 4.99 Å². The van der Waals surface area contributed by atoms with Crippen molar-refractivity contribution in [2.45, 2.75) is 12.2 Å². The third-order valence-corrected chi connectivity index (χ3v) is 3.29. The predicted molar refractivity (Wildman–Crippen MR) is 69.0 cm³/mol. The van der Waals surface area contributed by atoms with Crippen LogP contribution in [-0.4, -0.2) is 10.7 Å². The van der Waals surface area contributed by atoms with Gasteiger partial charge in [-0.2, -0.15) is 11.8 Å². The Morgan fingerprint density at radius 1 is 1.43 bits per heavy atom. The van der Waals surface area contributed by atoms with Gasteiger partial charge in [-0.3, -0.25) is 0 Å². The van der Waals surface area contributed by atoms with Crippen LogP contribution in [0.15, 0.2) is 24.3 Å². The minimum atomic E-state index is 0.580. The van der Waals surface area contributed by atoms with E-state index < -0.39 is 0 Å². The first-order chi connectivity index (χ1) is 6.70. The predicted octanol–water partition coefficient (Wildman–Crippen LogP) is 3.25. The van der Waals surface area contributed by atoms with Crippen LogP contribution in [0.4, 0.5) is 0 Å². The molecule has 1 aromatic rings. The maximum atomic E-state index is 6.00. The van der Waals surface area contributed by atoms with Gasteiger partial charge in [0.25, 0.3) is 0 Å². The standard InChI is InChI=1S/C10H12ClNS2/c11-9-4-2-1-3-8(9)7-14-6-5-10(12)13/h1-4H,5-7H2,(H2,12,13). The van der Waals surface area contributed by atoms with Crippen molar-refractivity contribution in [3.8, 4) is 0 Å². The van der Waals surface area contributed by atoms with E-state index >= 15 is 0 Å². The van der Waals surface area contributed by atoms with E-state index in [2.05, 4.69) is 0 Å². The Hall–Kier alpha value is -0.250. The van der Waals surface area contributed by atoms with E-state index in [9.17, 15) is 0 Å². The fraction of sp³-hybridized carbons (Fsp3) is 0.300. The van der Waals surface area contributed by atoms with Crippen molar-refractivity contribution in [3.05, 3.63) is 34.9 Å². The van der Waals surface area contributed by atoms with E-state index in [-0.39, 0.29) is 0 Å². The van der Waals surface area contributed by atoms with E-state index in [0.717, 1.165) is 22.9 Å². The summed E-state index contributed by atoms with van der Waals surface area (Å²) < 4.78 is 0. The summed E-state index contributed by atoms with van der Waals surface area (Å²) in [6.45, 7) is 0. The molecule has 2 N–H and O–H groups in total. The zero-order chi connectivity index (χ0) is 10.4. The highest BCUT2D eigenvalue weighted by Gasteiger charge is 1.98. The fourth-order valence-electron chi connectivity index (χ4n) is 0.970. The summed E-state index contributed by atoms with van der Waals surface area (Å²) in [7, 11) is 0. The molecule has 0 aliphatic heterocycles.